The summed E-state index contributed by atoms with van der Waals surface area (Å²) in [6.07, 6.45) is -9.26. The molecule has 214 valence electrons. The molecule has 8 atom stereocenters. The van der Waals surface area contributed by atoms with Crippen molar-refractivity contribution >= 4 is 34.7 Å². The second kappa shape index (κ2) is 20.0. The predicted octanol–water partition coefficient (Wildman–Crippen LogP) is -5.65. The summed E-state index contributed by atoms with van der Waals surface area (Å²) in [6, 6.07) is 0. The summed E-state index contributed by atoms with van der Waals surface area (Å²) in [4.78, 5) is 0. The molecule has 0 unspecified atom stereocenters. The monoisotopic (exact) mass is 562 g/mol. The van der Waals surface area contributed by atoms with Crippen LogP contribution in [0.1, 0.15) is 25.7 Å². The van der Waals surface area contributed by atoms with Gasteiger partial charge in [0.05, 0.1) is 25.4 Å². The Morgan fingerprint density at radius 1 is 0.472 bits per heavy atom. The topological polar surface area (TPSA) is 250 Å². The molecule has 14 nitrogen and oxygen atoms in total. The maximum absolute atomic E-state index is 9.83. The fourth-order valence-electron chi connectivity index (χ4n) is 2.89. The van der Waals surface area contributed by atoms with E-state index in [4.69, 9.17) is 34.6 Å². The highest BCUT2D eigenvalue weighted by atomic mass is 32.1. The van der Waals surface area contributed by atoms with Crippen molar-refractivity contribution in [2.45, 2.75) is 74.5 Å². The van der Waals surface area contributed by atoms with E-state index in [1.165, 1.54) is 0 Å². The van der Waals surface area contributed by atoms with E-state index < -0.39 is 62.0 Å². The van der Waals surface area contributed by atoms with Crippen LogP contribution in [0.15, 0.2) is 0 Å². The van der Waals surface area contributed by atoms with Gasteiger partial charge in [0, 0.05) is 26.2 Å². The van der Waals surface area contributed by atoms with Crippen LogP contribution in [-0.4, -0.2) is 150 Å². The van der Waals surface area contributed by atoms with E-state index >= 15 is 0 Å². The van der Waals surface area contributed by atoms with Crippen LogP contribution in [0.4, 0.5) is 0 Å². The zero-order chi connectivity index (χ0) is 27.7. The van der Waals surface area contributed by atoms with Gasteiger partial charge in [-0.1, -0.05) is 12.8 Å². The Balaban J connectivity index is 3.82. The maximum Gasteiger partial charge on any atom is 0.166 e. The van der Waals surface area contributed by atoms with Crippen molar-refractivity contribution in [1.82, 2.24) is 21.3 Å². The summed E-state index contributed by atoms with van der Waals surface area (Å²) < 4.78 is 0. The zero-order valence-electron chi connectivity index (χ0n) is 20.0. The molecule has 0 fully saturated rings. The molecule has 0 saturated carbocycles. The number of aliphatic hydroxyl groups is 10. The van der Waals surface area contributed by atoms with E-state index in [9.17, 15) is 40.9 Å². The van der Waals surface area contributed by atoms with E-state index in [-0.39, 0.29) is 23.3 Å². The number of unbranched alkanes of at least 4 members (excludes halogenated alkanes) is 3. The third-order valence-corrected chi connectivity index (χ3v) is 5.85. The van der Waals surface area contributed by atoms with Crippen LogP contribution in [0, 0.1) is 0 Å². The van der Waals surface area contributed by atoms with Crippen molar-refractivity contribution in [2.24, 2.45) is 0 Å². The molecule has 0 bridgehead atoms. The van der Waals surface area contributed by atoms with Crippen LogP contribution >= 0.6 is 24.4 Å². The van der Waals surface area contributed by atoms with Crippen LogP contribution in [-0.2, 0) is 0 Å². The number of rotatable bonds is 19. The highest BCUT2D eigenvalue weighted by Crippen LogP contribution is 2.05. The molecule has 0 heterocycles. The van der Waals surface area contributed by atoms with E-state index in [2.05, 4.69) is 21.3 Å². The summed E-state index contributed by atoms with van der Waals surface area (Å²) in [7, 11) is 0. The van der Waals surface area contributed by atoms with Gasteiger partial charge in [0.1, 0.15) is 36.6 Å². The Morgan fingerprint density at radius 2 is 0.778 bits per heavy atom. The van der Waals surface area contributed by atoms with Crippen molar-refractivity contribution in [3.05, 3.63) is 0 Å². The van der Waals surface area contributed by atoms with Gasteiger partial charge >= 0.3 is 0 Å². The molecule has 14 N–H and O–H groups in total. The molecule has 0 aliphatic rings. The van der Waals surface area contributed by atoms with Crippen LogP contribution in [0.2, 0.25) is 0 Å². The lowest BCUT2D eigenvalue weighted by atomic mass is 10.0. The number of hydrogen-bond acceptors (Lipinski definition) is 12. The van der Waals surface area contributed by atoms with Crippen LogP contribution in [0.25, 0.3) is 0 Å². The Hall–Kier alpha value is -1.02. The lowest BCUT2D eigenvalue weighted by Crippen LogP contribution is -2.50. The molecule has 36 heavy (non-hydrogen) atoms. The number of aliphatic hydroxyl groups excluding tert-OH is 10. The molecule has 0 aromatic rings. The van der Waals surface area contributed by atoms with Gasteiger partial charge in [-0.05, 0) is 37.3 Å². The molecule has 0 aliphatic heterocycles. The smallest absolute Gasteiger partial charge is 0.166 e. The first kappa shape index (κ1) is 35.0. The molecule has 16 heteroatoms. The zero-order valence-corrected chi connectivity index (χ0v) is 21.6. The Labute approximate surface area is 221 Å². The summed E-state index contributed by atoms with van der Waals surface area (Å²) in [5.74, 6) is 0. The second-order valence-corrected chi connectivity index (χ2v) is 9.10. The highest BCUT2D eigenvalue weighted by molar-refractivity contribution is 7.80. The minimum atomic E-state index is -1.70. The molecule has 0 aromatic carbocycles. The predicted molar refractivity (Wildman–Crippen MR) is 138 cm³/mol. The molecule has 0 aliphatic carbocycles. The van der Waals surface area contributed by atoms with Gasteiger partial charge in [0.2, 0.25) is 0 Å². The van der Waals surface area contributed by atoms with Crippen molar-refractivity contribution in [3.63, 3.8) is 0 Å². The summed E-state index contributed by atoms with van der Waals surface area (Å²) in [5, 5.41) is 106. The maximum atomic E-state index is 9.83. The van der Waals surface area contributed by atoms with Crippen molar-refractivity contribution < 1.29 is 51.1 Å². The van der Waals surface area contributed by atoms with Crippen LogP contribution in [0.5, 0.6) is 0 Å². The SMILES string of the molecule is OC[C@@H](O)[C@@H](O)[C@H](O)[C@@H](O)CNC(=S)NCCCCCCNC(=S)NC[C@H](O)[C@@H](O)[C@H](O)[C@H](O)CO. The second-order valence-electron chi connectivity index (χ2n) is 8.28. The Bertz CT molecular complexity index is 563. The summed E-state index contributed by atoms with van der Waals surface area (Å²) in [6.45, 7) is -0.691. The molecule has 0 rings (SSSR count). The lowest BCUT2D eigenvalue weighted by Gasteiger charge is -2.26. The minimum Gasteiger partial charge on any atom is -0.394 e. The van der Waals surface area contributed by atoms with Gasteiger partial charge in [-0.25, -0.2) is 0 Å². The quantitative estimate of drug-likeness (QED) is 0.0517. The molecule has 0 aromatic heterocycles. The number of thiocarbonyl (C=S) groups is 2. The van der Waals surface area contributed by atoms with Crippen molar-refractivity contribution in [3.8, 4) is 0 Å². The average Bonchev–Trinajstić information content (AvgIpc) is 2.88. The fraction of sp³-hybridized carbons (Fsp3) is 0.900. The van der Waals surface area contributed by atoms with E-state index in [0.29, 0.717) is 13.1 Å². The van der Waals surface area contributed by atoms with E-state index in [1.54, 1.807) is 0 Å². The first-order valence-corrected chi connectivity index (χ1v) is 12.5. The van der Waals surface area contributed by atoms with Crippen LogP contribution < -0.4 is 21.3 Å². The molecular formula is C20H42N4O10S2. The van der Waals surface area contributed by atoms with Crippen molar-refractivity contribution in [2.75, 3.05) is 39.4 Å². The fourth-order valence-corrected chi connectivity index (χ4v) is 3.27. The number of nitrogens with one attached hydrogen (secondary N) is 4. The van der Waals surface area contributed by atoms with Gasteiger partial charge < -0.3 is 72.3 Å². The first-order chi connectivity index (χ1) is 17.0. The van der Waals surface area contributed by atoms with Gasteiger partial charge in [0.15, 0.2) is 10.2 Å². The van der Waals surface area contributed by atoms with Crippen LogP contribution in [0.3, 0.4) is 0 Å². The Morgan fingerprint density at radius 3 is 1.08 bits per heavy atom. The standard InChI is InChI=1S/C20H42N4O10S2/c25-9-13(29)17(33)15(31)11(27)7-23-19(35)21-5-3-1-2-4-6-22-20(36)24-8-12(28)16(32)18(34)14(30)10-26/h11-18,25-34H,1-10H2,(H2,21,23,35)(H2,22,24,36)/t11-,12-,13+,14+,15+,16+,17+,18+/m0/s1. The van der Waals surface area contributed by atoms with Gasteiger partial charge in [0.25, 0.3) is 0 Å². The van der Waals surface area contributed by atoms with E-state index in [1.807, 2.05) is 0 Å². The number of hydrogen-bond donors (Lipinski definition) is 14. The molecule has 0 radical (unpaired) electrons. The lowest BCUT2D eigenvalue weighted by molar-refractivity contribution is -0.113. The third-order valence-electron chi connectivity index (χ3n) is 5.27. The molecular weight excluding hydrogens is 520 g/mol. The largest absolute Gasteiger partial charge is 0.394 e. The van der Waals surface area contributed by atoms with Gasteiger partial charge in [-0.15, -0.1) is 0 Å². The van der Waals surface area contributed by atoms with Gasteiger partial charge in [-0.3, -0.25) is 0 Å². The van der Waals surface area contributed by atoms with Gasteiger partial charge in [-0.2, -0.15) is 0 Å². The minimum absolute atomic E-state index is 0.164. The third kappa shape index (κ3) is 14.7. The summed E-state index contributed by atoms with van der Waals surface area (Å²) in [5.41, 5.74) is 0. The Kier molecular flexibility index (Phi) is 19.4. The highest BCUT2D eigenvalue weighted by Gasteiger charge is 2.30. The first-order valence-electron chi connectivity index (χ1n) is 11.7. The molecule has 0 saturated heterocycles. The summed E-state index contributed by atoms with van der Waals surface area (Å²) >= 11 is 10.1. The average molecular weight is 563 g/mol. The van der Waals surface area contributed by atoms with Crippen molar-refractivity contribution in [1.29, 1.82) is 0 Å². The van der Waals surface area contributed by atoms with E-state index in [0.717, 1.165) is 25.7 Å². The molecule has 0 spiro atoms. The normalized spacial score (nSPS) is 18.2. The molecule has 0 amide bonds.